The topological polar surface area (TPSA) is 85.1 Å². The first-order valence-electron chi connectivity index (χ1n) is 10.1. The third-order valence-electron chi connectivity index (χ3n) is 5.52. The molecule has 0 bridgehead atoms. The van der Waals surface area contributed by atoms with Gasteiger partial charge in [0.2, 0.25) is 0 Å². The Bertz CT molecular complexity index is 1410. The number of fused-ring (bicyclic) bond motifs is 2. The smallest absolute Gasteiger partial charge is 0.256 e. The van der Waals surface area contributed by atoms with E-state index in [0.29, 0.717) is 17.7 Å². The summed E-state index contributed by atoms with van der Waals surface area (Å²) in [6, 6.07) is 15.3. The van der Waals surface area contributed by atoms with Crippen LogP contribution in [0.5, 0.6) is 0 Å². The molecular formula is C25H18FN3O2S. The second-order valence-electron chi connectivity index (χ2n) is 7.53. The van der Waals surface area contributed by atoms with Crippen LogP contribution in [0.4, 0.5) is 10.1 Å². The van der Waals surface area contributed by atoms with Crippen molar-refractivity contribution in [2.24, 2.45) is 5.73 Å². The van der Waals surface area contributed by atoms with Crippen LogP contribution in [-0.4, -0.2) is 16.8 Å². The molecule has 0 saturated carbocycles. The van der Waals surface area contributed by atoms with Crippen LogP contribution >= 0.6 is 11.3 Å². The van der Waals surface area contributed by atoms with Crippen molar-refractivity contribution in [3.8, 4) is 0 Å². The Labute approximate surface area is 187 Å². The number of allylic oxidation sites excluding steroid dienone is 1. The van der Waals surface area contributed by atoms with E-state index in [1.54, 1.807) is 11.3 Å². The van der Waals surface area contributed by atoms with Crippen molar-refractivity contribution in [2.75, 3.05) is 5.32 Å². The van der Waals surface area contributed by atoms with E-state index < -0.39 is 11.7 Å². The molecule has 0 atom stereocenters. The van der Waals surface area contributed by atoms with Gasteiger partial charge in [-0.3, -0.25) is 9.59 Å². The Hall–Kier alpha value is -3.84. The second kappa shape index (κ2) is 8.01. The first-order valence-corrected chi connectivity index (χ1v) is 11.0. The molecule has 0 spiro atoms. The number of hydrogen-bond acceptors (Lipinski definition) is 4. The van der Waals surface area contributed by atoms with Gasteiger partial charge in [-0.15, -0.1) is 11.3 Å². The summed E-state index contributed by atoms with van der Waals surface area (Å²) in [4.78, 5) is 30.9. The highest BCUT2D eigenvalue weighted by atomic mass is 32.1. The van der Waals surface area contributed by atoms with E-state index in [2.05, 4.69) is 17.5 Å². The van der Waals surface area contributed by atoms with Crippen LogP contribution in [-0.2, 0) is 6.42 Å². The molecule has 4 aromatic rings. The number of rotatable bonds is 4. The number of nitrogens with zero attached hydrogens (tertiary/aromatic N) is 1. The van der Waals surface area contributed by atoms with Crippen molar-refractivity contribution >= 4 is 51.4 Å². The quantitative estimate of drug-likeness (QED) is 0.450. The number of benzene rings is 2. The molecule has 158 valence electrons. The number of amides is 2. The van der Waals surface area contributed by atoms with Gasteiger partial charge in [-0.25, -0.2) is 9.37 Å². The van der Waals surface area contributed by atoms with Gasteiger partial charge >= 0.3 is 0 Å². The number of carbonyl (C=O) groups is 2. The summed E-state index contributed by atoms with van der Waals surface area (Å²) < 4.78 is 13.8. The predicted octanol–water partition coefficient (Wildman–Crippen LogP) is 5.27. The lowest BCUT2D eigenvalue weighted by Crippen LogP contribution is -2.17. The Balaban J connectivity index is 1.61. The van der Waals surface area contributed by atoms with Gasteiger partial charge in [-0.2, -0.15) is 0 Å². The number of nitrogens with two attached hydrogens (primary N) is 1. The molecule has 0 fully saturated rings. The molecule has 2 aromatic carbocycles. The molecule has 0 aliphatic heterocycles. The number of halogens is 1. The molecule has 0 saturated heterocycles. The molecule has 2 amide bonds. The summed E-state index contributed by atoms with van der Waals surface area (Å²) in [5.41, 5.74) is 9.36. The fourth-order valence-electron chi connectivity index (χ4n) is 4.07. The van der Waals surface area contributed by atoms with E-state index in [4.69, 9.17) is 10.7 Å². The molecular weight excluding hydrogens is 425 g/mol. The first-order chi connectivity index (χ1) is 15.5. The van der Waals surface area contributed by atoms with Crippen LogP contribution in [0.15, 0.2) is 60.0 Å². The van der Waals surface area contributed by atoms with Gasteiger partial charge in [0.05, 0.1) is 22.3 Å². The zero-order valence-electron chi connectivity index (χ0n) is 16.9. The number of primary amides is 1. The van der Waals surface area contributed by atoms with Gasteiger partial charge in [-0.1, -0.05) is 24.3 Å². The normalized spacial score (nSPS) is 14.0. The van der Waals surface area contributed by atoms with Crippen LogP contribution < -0.4 is 11.1 Å². The summed E-state index contributed by atoms with van der Waals surface area (Å²) in [7, 11) is 0. The average molecular weight is 444 g/mol. The minimum Gasteiger partial charge on any atom is -0.366 e. The standard InChI is InChI=1S/C25H18FN3O2S/c26-20-10-8-15(13-19(20)24(27)30)28-25(31)22-17-5-1-2-6-21(17)29-23-14(7-9-18(22)23)12-16-4-3-11-32-16/h1-6,8,10-13H,7,9H2,(H2,27,30)(H,28,31)/b14-12-. The van der Waals surface area contributed by atoms with Crippen molar-refractivity contribution in [2.45, 2.75) is 12.8 Å². The fourth-order valence-corrected chi connectivity index (χ4v) is 4.75. The molecule has 2 aromatic heterocycles. The third kappa shape index (κ3) is 3.56. The number of nitrogens with one attached hydrogen (secondary N) is 1. The van der Waals surface area contributed by atoms with Crippen molar-refractivity contribution in [3.05, 3.63) is 93.1 Å². The summed E-state index contributed by atoms with van der Waals surface area (Å²) >= 11 is 1.65. The lowest BCUT2D eigenvalue weighted by Gasteiger charge is -2.13. The molecule has 2 heterocycles. The van der Waals surface area contributed by atoms with E-state index in [0.717, 1.165) is 45.1 Å². The fraction of sp³-hybridized carbons (Fsp3) is 0.0800. The van der Waals surface area contributed by atoms with Crippen LogP contribution in [0, 0.1) is 5.82 Å². The lowest BCUT2D eigenvalue weighted by molar-refractivity contribution is 0.0992. The number of pyridine rings is 1. The molecule has 5 nitrogen and oxygen atoms in total. The zero-order chi connectivity index (χ0) is 22.2. The molecule has 1 aliphatic carbocycles. The minimum absolute atomic E-state index is 0.270. The SMILES string of the molecule is NC(=O)c1cc(NC(=O)c2c3c(nc4ccccc24)/C(=C\c2cccs2)CC3)ccc1F. The molecule has 5 rings (SSSR count). The van der Waals surface area contributed by atoms with Gasteiger partial charge in [-0.05, 0) is 65.8 Å². The monoisotopic (exact) mass is 443 g/mol. The average Bonchev–Trinajstić information content (AvgIpc) is 3.43. The maximum absolute atomic E-state index is 13.8. The van der Waals surface area contributed by atoms with Crippen molar-refractivity contribution in [1.29, 1.82) is 0 Å². The Morgan fingerprint density at radius 1 is 1.09 bits per heavy atom. The number of hydrogen-bond donors (Lipinski definition) is 2. The molecule has 0 radical (unpaired) electrons. The van der Waals surface area contributed by atoms with Crippen molar-refractivity contribution in [1.82, 2.24) is 4.98 Å². The number of thiophene rings is 1. The Morgan fingerprint density at radius 3 is 2.72 bits per heavy atom. The largest absolute Gasteiger partial charge is 0.366 e. The molecule has 7 heteroatoms. The molecule has 0 unspecified atom stereocenters. The number of para-hydroxylation sites is 1. The van der Waals surface area contributed by atoms with Crippen LogP contribution in [0.3, 0.4) is 0 Å². The second-order valence-corrected chi connectivity index (χ2v) is 8.51. The minimum atomic E-state index is -0.891. The number of aromatic nitrogens is 1. The number of carbonyl (C=O) groups excluding carboxylic acids is 2. The van der Waals surface area contributed by atoms with Crippen molar-refractivity contribution < 1.29 is 14.0 Å². The lowest BCUT2D eigenvalue weighted by atomic mass is 10.00. The van der Waals surface area contributed by atoms with Gasteiger partial charge in [0.15, 0.2) is 0 Å². The van der Waals surface area contributed by atoms with Gasteiger partial charge < -0.3 is 11.1 Å². The highest BCUT2D eigenvalue weighted by Gasteiger charge is 2.27. The van der Waals surface area contributed by atoms with E-state index in [1.807, 2.05) is 35.7 Å². The van der Waals surface area contributed by atoms with Crippen LogP contribution in [0.2, 0.25) is 0 Å². The maximum Gasteiger partial charge on any atom is 0.256 e. The van der Waals surface area contributed by atoms with Crippen LogP contribution in [0.25, 0.3) is 22.6 Å². The Morgan fingerprint density at radius 2 is 1.94 bits per heavy atom. The molecule has 32 heavy (non-hydrogen) atoms. The van der Waals surface area contributed by atoms with Gasteiger partial charge in [0.25, 0.3) is 11.8 Å². The zero-order valence-corrected chi connectivity index (χ0v) is 17.7. The van der Waals surface area contributed by atoms with Gasteiger partial charge in [0, 0.05) is 16.0 Å². The van der Waals surface area contributed by atoms with E-state index >= 15 is 0 Å². The summed E-state index contributed by atoms with van der Waals surface area (Å²) in [6.45, 7) is 0. The van der Waals surface area contributed by atoms with Gasteiger partial charge in [0.1, 0.15) is 5.82 Å². The highest BCUT2D eigenvalue weighted by Crippen LogP contribution is 2.38. The molecule has 1 aliphatic rings. The van der Waals surface area contributed by atoms with Crippen LogP contribution in [0.1, 0.15) is 43.3 Å². The predicted molar refractivity (Wildman–Crippen MR) is 125 cm³/mol. The summed E-state index contributed by atoms with van der Waals surface area (Å²) in [6.07, 6.45) is 3.61. The summed E-state index contributed by atoms with van der Waals surface area (Å²) in [5.74, 6) is -1.95. The molecule has 3 N–H and O–H groups in total. The Kier molecular flexibility index (Phi) is 5.03. The van der Waals surface area contributed by atoms with E-state index in [9.17, 15) is 14.0 Å². The van der Waals surface area contributed by atoms with Crippen molar-refractivity contribution in [3.63, 3.8) is 0 Å². The first kappa shape index (κ1) is 20.1. The summed E-state index contributed by atoms with van der Waals surface area (Å²) in [5, 5.41) is 5.58. The van der Waals surface area contributed by atoms with E-state index in [-0.39, 0.29) is 11.5 Å². The highest BCUT2D eigenvalue weighted by molar-refractivity contribution is 7.10. The van der Waals surface area contributed by atoms with E-state index in [1.165, 1.54) is 12.1 Å². The number of anilines is 1. The third-order valence-corrected chi connectivity index (χ3v) is 6.34. The maximum atomic E-state index is 13.8.